The number of aromatic amines is 1. The predicted molar refractivity (Wildman–Crippen MR) is 62.6 cm³/mol. The van der Waals surface area contributed by atoms with E-state index in [-0.39, 0.29) is 0 Å². The largest absolute Gasteiger partial charge is 0.361 e. The van der Waals surface area contributed by atoms with E-state index in [0.29, 0.717) is 0 Å². The van der Waals surface area contributed by atoms with Gasteiger partial charge in [0.1, 0.15) is 0 Å². The van der Waals surface area contributed by atoms with Crippen molar-refractivity contribution in [1.29, 1.82) is 0 Å². The Kier molecular flexibility index (Phi) is 3.96. The molecule has 14 heavy (non-hydrogen) atoms. The van der Waals surface area contributed by atoms with E-state index in [0.717, 1.165) is 13.0 Å². The third-order valence-corrected chi connectivity index (χ3v) is 2.44. The first kappa shape index (κ1) is 11.1. The van der Waals surface area contributed by atoms with Crippen molar-refractivity contribution in [1.82, 2.24) is 9.88 Å². The molecule has 1 aromatic rings. The molecular weight excluding hydrogens is 172 g/mol. The van der Waals surface area contributed by atoms with Crippen molar-refractivity contribution in [2.75, 3.05) is 20.6 Å². The molecule has 2 nitrogen and oxygen atoms in total. The third-order valence-electron chi connectivity index (χ3n) is 2.44. The number of hydrogen-bond acceptors (Lipinski definition) is 1. The molecule has 0 aliphatic heterocycles. The molecule has 0 saturated carbocycles. The van der Waals surface area contributed by atoms with Crippen LogP contribution < -0.4 is 10.6 Å². The molecule has 1 heterocycles. The van der Waals surface area contributed by atoms with Crippen LogP contribution in [0.3, 0.4) is 0 Å². The fourth-order valence-electron chi connectivity index (χ4n) is 1.62. The standard InChI is InChI=1S/C12H20N2/c1-5-11-10(7-8-14(3)4)9-13-12(11)6-2/h5-6,9,13H,7-8H2,1-4H3/b11-5-,12-6+. The lowest BCUT2D eigenvalue weighted by Crippen LogP contribution is -2.26. The maximum atomic E-state index is 3.29. The monoisotopic (exact) mass is 192 g/mol. The van der Waals surface area contributed by atoms with Crippen LogP contribution in [0.25, 0.3) is 12.2 Å². The zero-order chi connectivity index (χ0) is 10.6. The lowest BCUT2D eigenvalue weighted by Gasteiger charge is -2.07. The minimum absolute atomic E-state index is 1.10. The maximum Gasteiger partial charge on any atom is 0.0410 e. The van der Waals surface area contributed by atoms with E-state index in [1.54, 1.807) is 0 Å². The van der Waals surface area contributed by atoms with Crippen molar-refractivity contribution >= 4 is 12.2 Å². The summed E-state index contributed by atoms with van der Waals surface area (Å²) < 4.78 is 0. The summed E-state index contributed by atoms with van der Waals surface area (Å²) in [5.74, 6) is 0. The highest BCUT2D eigenvalue weighted by molar-refractivity contribution is 5.31. The van der Waals surface area contributed by atoms with Crippen molar-refractivity contribution in [2.24, 2.45) is 0 Å². The second-order valence-corrected chi connectivity index (χ2v) is 3.77. The average Bonchev–Trinajstić information content (AvgIpc) is 2.56. The first-order valence-electron chi connectivity index (χ1n) is 5.12. The van der Waals surface area contributed by atoms with Crippen molar-refractivity contribution in [3.8, 4) is 0 Å². The van der Waals surface area contributed by atoms with Crippen LogP contribution in [-0.4, -0.2) is 30.5 Å². The Labute approximate surface area is 85.9 Å². The van der Waals surface area contributed by atoms with Gasteiger partial charge in [0.25, 0.3) is 0 Å². The molecule has 0 radical (unpaired) electrons. The Hall–Kier alpha value is -1.02. The Balaban J connectivity index is 2.95. The minimum Gasteiger partial charge on any atom is -0.361 e. The molecule has 0 unspecified atom stereocenters. The van der Waals surface area contributed by atoms with Gasteiger partial charge in [-0.2, -0.15) is 0 Å². The van der Waals surface area contributed by atoms with Crippen molar-refractivity contribution in [3.05, 3.63) is 22.3 Å². The Morgan fingerprint density at radius 2 is 2.00 bits per heavy atom. The van der Waals surface area contributed by atoms with Crippen LogP contribution in [-0.2, 0) is 6.42 Å². The van der Waals surface area contributed by atoms with Crippen LogP contribution in [0.4, 0.5) is 0 Å². The minimum atomic E-state index is 1.10. The second-order valence-electron chi connectivity index (χ2n) is 3.77. The van der Waals surface area contributed by atoms with Crippen LogP contribution >= 0.6 is 0 Å². The predicted octanol–water partition coefficient (Wildman–Crippen LogP) is 0.720. The number of hydrogen-bond donors (Lipinski definition) is 1. The zero-order valence-corrected chi connectivity index (χ0v) is 9.59. The van der Waals surface area contributed by atoms with E-state index in [1.165, 1.54) is 16.1 Å². The fraction of sp³-hybridized carbons (Fsp3) is 0.500. The Morgan fingerprint density at radius 1 is 1.29 bits per heavy atom. The molecule has 0 aliphatic rings. The summed E-state index contributed by atoms with van der Waals surface area (Å²) in [5.41, 5.74) is 1.41. The number of likely N-dealkylation sites (N-methyl/N-ethyl adjacent to an activating group) is 1. The summed E-state index contributed by atoms with van der Waals surface area (Å²) >= 11 is 0. The van der Waals surface area contributed by atoms with Gasteiger partial charge in [0.2, 0.25) is 0 Å². The molecule has 78 valence electrons. The average molecular weight is 192 g/mol. The van der Waals surface area contributed by atoms with Gasteiger partial charge in [0, 0.05) is 18.1 Å². The van der Waals surface area contributed by atoms with Gasteiger partial charge in [0.05, 0.1) is 0 Å². The first-order valence-corrected chi connectivity index (χ1v) is 5.12. The van der Waals surface area contributed by atoms with E-state index in [4.69, 9.17) is 0 Å². The van der Waals surface area contributed by atoms with Gasteiger partial charge in [-0.15, -0.1) is 0 Å². The Morgan fingerprint density at radius 3 is 2.50 bits per heavy atom. The number of nitrogens with one attached hydrogen (secondary N) is 1. The van der Waals surface area contributed by atoms with Crippen LogP contribution in [0.1, 0.15) is 19.4 Å². The van der Waals surface area contributed by atoms with Gasteiger partial charge < -0.3 is 9.88 Å². The summed E-state index contributed by atoms with van der Waals surface area (Å²) in [6, 6.07) is 0. The van der Waals surface area contributed by atoms with E-state index in [2.05, 4.69) is 56.2 Å². The van der Waals surface area contributed by atoms with Crippen LogP contribution in [0.2, 0.25) is 0 Å². The van der Waals surface area contributed by atoms with E-state index in [9.17, 15) is 0 Å². The maximum absolute atomic E-state index is 3.29. The van der Waals surface area contributed by atoms with Crippen molar-refractivity contribution in [3.63, 3.8) is 0 Å². The van der Waals surface area contributed by atoms with E-state index in [1.807, 2.05) is 0 Å². The van der Waals surface area contributed by atoms with Crippen LogP contribution in [0, 0.1) is 0 Å². The Bertz CT molecular complexity index is 385. The van der Waals surface area contributed by atoms with E-state index < -0.39 is 0 Å². The number of rotatable bonds is 3. The van der Waals surface area contributed by atoms with Gasteiger partial charge in [-0.1, -0.05) is 12.2 Å². The van der Waals surface area contributed by atoms with Gasteiger partial charge in [-0.25, -0.2) is 0 Å². The molecule has 0 saturated heterocycles. The van der Waals surface area contributed by atoms with Gasteiger partial charge >= 0.3 is 0 Å². The van der Waals surface area contributed by atoms with Crippen LogP contribution in [0.15, 0.2) is 6.20 Å². The molecular formula is C12H20N2. The van der Waals surface area contributed by atoms with Gasteiger partial charge in [-0.3, -0.25) is 0 Å². The molecule has 0 spiro atoms. The SMILES string of the molecule is C/C=c1/c(CCN(C)C)c[nH]/c1=C/C. The molecule has 0 bridgehead atoms. The highest BCUT2D eigenvalue weighted by atomic mass is 15.0. The molecule has 1 rings (SSSR count). The smallest absolute Gasteiger partial charge is 0.0410 e. The second kappa shape index (κ2) is 5.01. The van der Waals surface area contributed by atoms with Crippen molar-refractivity contribution < 1.29 is 0 Å². The summed E-state index contributed by atoms with van der Waals surface area (Å²) in [6.07, 6.45) is 7.52. The molecule has 0 aliphatic carbocycles. The lowest BCUT2D eigenvalue weighted by atomic mass is 10.2. The third kappa shape index (κ3) is 2.48. The van der Waals surface area contributed by atoms with Crippen LogP contribution in [0.5, 0.6) is 0 Å². The van der Waals surface area contributed by atoms with Gasteiger partial charge in [-0.05, 0) is 45.1 Å². The normalized spacial score (nSPS) is 14.4. The lowest BCUT2D eigenvalue weighted by molar-refractivity contribution is 0.413. The first-order chi connectivity index (χ1) is 6.69. The number of aromatic nitrogens is 1. The molecule has 1 N–H and O–H groups in total. The molecule has 0 amide bonds. The summed E-state index contributed by atoms with van der Waals surface area (Å²) in [6.45, 7) is 5.26. The molecule has 1 aromatic heterocycles. The summed E-state index contributed by atoms with van der Waals surface area (Å²) in [5, 5.41) is 2.59. The van der Waals surface area contributed by atoms with E-state index >= 15 is 0 Å². The van der Waals surface area contributed by atoms with Crippen molar-refractivity contribution in [2.45, 2.75) is 20.3 Å². The summed E-state index contributed by atoms with van der Waals surface area (Å²) in [4.78, 5) is 5.50. The number of nitrogens with zero attached hydrogens (tertiary/aromatic N) is 1. The topological polar surface area (TPSA) is 19.0 Å². The molecule has 0 aromatic carbocycles. The molecule has 2 heteroatoms. The highest BCUT2D eigenvalue weighted by Gasteiger charge is 1.98. The highest BCUT2D eigenvalue weighted by Crippen LogP contribution is 1.90. The fourth-order valence-corrected chi connectivity index (χ4v) is 1.62. The summed E-state index contributed by atoms with van der Waals surface area (Å²) in [7, 11) is 4.21. The zero-order valence-electron chi connectivity index (χ0n) is 9.59. The quantitative estimate of drug-likeness (QED) is 0.747. The molecule has 0 fully saturated rings. The van der Waals surface area contributed by atoms with Gasteiger partial charge in [0.15, 0.2) is 0 Å². The molecule has 0 atom stereocenters. The number of H-pyrrole nitrogens is 1.